The van der Waals surface area contributed by atoms with E-state index in [1.807, 2.05) is 6.92 Å². The third kappa shape index (κ3) is 3.93. The maximum absolute atomic E-state index is 11.8. The van der Waals surface area contributed by atoms with E-state index in [9.17, 15) is 4.79 Å². The van der Waals surface area contributed by atoms with Gasteiger partial charge in [0.05, 0.1) is 5.92 Å². The highest BCUT2D eigenvalue weighted by molar-refractivity contribution is 5.79. The fraction of sp³-hybridized carbons (Fsp3) is 0.750. The highest BCUT2D eigenvalue weighted by atomic mass is 16.1. The van der Waals surface area contributed by atoms with Crippen LogP contribution in [0.3, 0.4) is 0 Å². The van der Waals surface area contributed by atoms with E-state index < -0.39 is 0 Å². The third-order valence-electron chi connectivity index (χ3n) is 2.87. The van der Waals surface area contributed by atoms with E-state index in [1.54, 1.807) is 0 Å². The molecule has 0 aromatic heterocycles. The fourth-order valence-electron chi connectivity index (χ4n) is 1.83. The lowest BCUT2D eigenvalue weighted by Gasteiger charge is -2.24. The summed E-state index contributed by atoms with van der Waals surface area (Å²) >= 11 is 0. The van der Waals surface area contributed by atoms with Gasteiger partial charge in [-0.2, -0.15) is 0 Å². The van der Waals surface area contributed by atoms with Gasteiger partial charge in [-0.15, -0.1) is 12.3 Å². The number of amides is 1. The third-order valence-corrected chi connectivity index (χ3v) is 2.87. The Bertz CT molecular complexity index is 238. The molecular weight excluding hydrogens is 188 g/mol. The van der Waals surface area contributed by atoms with Crippen LogP contribution in [0.2, 0.25) is 0 Å². The van der Waals surface area contributed by atoms with Crippen LogP contribution in [0.25, 0.3) is 0 Å². The quantitative estimate of drug-likeness (QED) is 0.674. The second kappa shape index (κ2) is 6.47. The first-order valence-corrected chi connectivity index (χ1v) is 5.72. The molecule has 0 bridgehead atoms. The molecule has 0 saturated carbocycles. The van der Waals surface area contributed by atoms with Gasteiger partial charge in [-0.05, 0) is 25.8 Å². The van der Waals surface area contributed by atoms with E-state index in [2.05, 4.69) is 16.6 Å². The number of rotatable bonds is 4. The smallest absolute Gasteiger partial charge is 0.224 e. The standard InChI is InChI=1S/C12H20N2O/c1-3-6-11(4-2)14-12(15)10-7-5-8-13-9-10/h1,10-11,13H,4-9H2,2H3,(H,14,15)/t10-,11?/m0/s1. The van der Waals surface area contributed by atoms with Crippen LogP contribution >= 0.6 is 0 Å². The minimum atomic E-state index is 0.130. The summed E-state index contributed by atoms with van der Waals surface area (Å²) in [5.41, 5.74) is 0. The Kier molecular flexibility index (Phi) is 5.20. The molecule has 0 aromatic carbocycles. The number of hydrogen-bond acceptors (Lipinski definition) is 2. The van der Waals surface area contributed by atoms with E-state index in [0.717, 1.165) is 32.4 Å². The normalized spacial score (nSPS) is 22.8. The summed E-state index contributed by atoms with van der Waals surface area (Å²) in [6, 6.07) is 0.143. The average Bonchev–Trinajstić information content (AvgIpc) is 2.29. The van der Waals surface area contributed by atoms with Gasteiger partial charge < -0.3 is 10.6 Å². The van der Waals surface area contributed by atoms with Gasteiger partial charge in [0.1, 0.15) is 0 Å². The molecule has 2 N–H and O–H groups in total. The first-order chi connectivity index (χ1) is 7.27. The molecular formula is C12H20N2O. The molecule has 1 unspecified atom stereocenters. The molecule has 1 rings (SSSR count). The largest absolute Gasteiger partial charge is 0.352 e. The summed E-state index contributed by atoms with van der Waals surface area (Å²) in [4.78, 5) is 11.8. The maximum Gasteiger partial charge on any atom is 0.224 e. The van der Waals surface area contributed by atoms with Crippen molar-refractivity contribution in [3.05, 3.63) is 0 Å². The number of terminal acetylenes is 1. The summed E-state index contributed by atoms with van der Waals surface area (Å²) in [6.07, 6.45) is 8.85. The van der Waals surface area contributed by atoms with Gasteiger partial charge in [-0.3, -0.25) is 4.79 Å². The molecule has 0 spiro atoms. The summed E-state index contributed by atoms with van der Waals surface area (Å²) in [6.45, 7) is 3.88. The van der Waals surface area contributed by atoms with Crippen LogP contribution in [-0.2, 0) is 4.79 Å². The van der Waals surface area contributed by atoms with Crippen molar-refractivity contribution >= 4 is 5.91 Å². The number of hydrogen-bond donors (Lipinski definition) is 2. The van der Waals surface area contributed by atoms with Gasteiger partial charge >= 0.3 is 0 Å². The predicted molar refractivity (Wildman–Crippen MR) is 61.3 cm³/mol. The van der Waals surface area contributed by atoms with Crippen molar-refractivity contribution in [1.82, 2.24) is 10.6 Å². The Morgan fingerprint density at radius 1 is 1.73 bits per heavy atom. The maximum atomic E-state index is 11.8. The molecule has 0 aromatic rings. The van der Waals surface area contributed by atoms with E-state index in [1.165, 1.54) is 0 Å². The molecule has 2 atom stereocenters. The second-order valence-electron chi connectivity index (χ2n) is 4.07. The SMILES string of the molecule is C#CCC(CC)NC(=O)[C@H]1CCCNC1. The average molecular weight is 208 g/mol. The topological polar surface area (TPSA) is 41.1 Å². The number of carbonyl (C=O) groups is 1. The Morgan fingerprint density at radius 3 is 3.07 bits per heavy atom. The van der Waals surface area contributed by atoms with Crippen molar-refractivity contribution in [2.75, 3.05) is 13.1 Å². The first-order valence-electron chi connectivity index (χ1n) is 5.72. The molecule has 1 amide bonds. The van der Waals surface area contributed by atoms with Crippen LogP contribution in [0.15, 0.2) is 0 Å². The van der Waals surface area contributed by atoms with Crippen molar-refractivity contribution in [1.29, 1.82) is 0 Å². The zero-order valence-electron chi connectivity index (χ0n) is 9.38. The number of nitrogens with one attached hydrogen (secondary N) is 2. The minimum Gasteiger partial charge on any atom is -0.352 e. The molecule has 15 heavy (non-hydrogen) atoms. The van der Waals surface area contributed by atoms with Gasteiger partial charge in [-0.1, -0.05) is 6.92 Å². The molecule has 0 radical (unpaired) electrons. The van der Waals surface area contributed by atoms with Crippen molar-refractivity contribution < 1.29 is 4.79 Å². The van der Waals surface area contributed by atoms with Crippen LogP contribution in [0.5, 0.6) is 0 Å². The van der Waals surface area contributed by atoms with Crippen LogP contribution in [0.1, 0.15) is 32.6 Å². The van der Waals surface area contributed by atoms with Gasteiger partial charge in [0.2, 0.25) is 5.91 Å². The van der Waals surface area contributed by atoms with Crippen molar-refractivity contribution in [2.45, 2.75) is 38.6 Å². The zero-order valence-corrected chi connectivity index (χ0v) is 9.38. The molecule has 1 saturated heterocycles. The van der Waals surface area contributed by atoms with Crippen molar-refractivity contribution in [3.63, 3.8) is 0 Å². The second-order valence-corrected chi connectivity index (χ2v) is 4.07. The van der Waals surface area contributed by atoms with Crippen LogP contribution < -0.4 is 10.6 Å². The fourth-order valence-corrected chi connectivity index (χ4v) is 1.83. The van der Waals surface area contributed by atoms with Crippen molar-refractivity contribution in [3.8, 4) is 12.3 Å². The van der Waals surface area contributed by atoms with Crippen LogP contribution in [0.4, 0.5) is 0 Å². The van der Waals surface area contributed by atoms with E-state index >= 15 is 0 Å². The van der Waals surface area contributed by atoms with E-state index in [-0.39, 0.29) is 17.9 Å². The molecule has 1 aliphatic heterocycles. The summed E-state index contributed by atoms with van der Waals surface area (Å²) in [5.74, 6) is 2.88. The Hall–Kier alpha value is -1.01. The summed E-state index contributed by atoms with van der Waals surface area (Å²) in [5, 5.41) is 6.25. The highest BCUT2D eigenvalue weighted by Gasteiger charge is 2.22. The minimum absolute atomic E-state index is 0.130. The van der Waals surface area contributed by atoms with Crippen LogP contribution in [0, 0.1) is 18.3 Å². The first kappa shape index (κ1) is 12.1. The Morgan fingerprint density at radius 2 is 2.53 bits per heavy atom. The van der Waals surface area contributed by atoms with Gasteiger partial charge in [-0.25, -0.2) is 0 Å². The number of carbonyl (C=O) groups excluding carboxylic acids is 1. The summed E-state index contributed by atoms with van der Waals surface area (Å²) < 4.78 is 0. The van der Waals surface area contributed by atoms with Gasteiger partial charge in [0, 0.05) is 19.0 Å². The molecule has 1 fully saturated rings. The van der Waals surface area contributed by atoms with Crippen molar-refractivity contribution in [2.24, 2.45) is 5.92 Å². The lowest BCUT2D eigenvalue weighted by atomic mass is 9.98. The van der Waals surface area contributed by atoms with E-state index in [0.29, 0.717) is 6.42 Å². The Balaban J connectivity index is 2.35. The molecule has 1 heterocycles. The van der Waals surface area contributed by atoms with Crippen LogP contribution in [-0.4, -0.2) is 25.0 Å². The monoisotopic (exact) mass is 208 g/mol. The molecule has 3 nitrogen and oxygen atoms in total. The molecule has 1 aliphatic rings. The Labute approximate surface area is 92.0 Å². The van der Waals surface area contributed by atoms with E-state index in [4.69, 9.17) is 6.42 Å². The highest BCUT2D eigenvalue weighted by Crippen LogP contribution is 2.10. The van der Waals surface area contributed by atoms with Gasteiger partial charge in [0.15, 0.2) is 0 Å². The zero-order chi connectivity index (χ0) is 11.1. The van der Waals surface area contributed by atoms with Gasteiger partial charge in [0.25, 0.3) is 0 Å². The number of piperidine rings is 1. The molecule has 84 valence electrons. The molecule has 0 aliphatic carbocycles. The lowest BCUT2D eigenvalue weighted by molar-refractivity contribution is -0.126. The molecule has 3 heteroatoms. The summed E-state index contributed by atoms with van der Waals surface area (Å²) in [7, 11) is 0. The predicted octanol–water partition coefficient (Wildman–Crippen LogP) is 0.904. The lowest BCUT2D eigenvalue weighted by Crippen LogP contribution is -2.44.